The molecule has 0 bridgehead atoms. The van der Waals surface area contributed by atoms with Gasteiger partial charge in [0.1, 0.15) is 0 Å². The smallest absolute Gasteiger partial charge is 0.236 e. The molecule has 1 aromatic carbocycles. The molecule has 4 nitrogen and oxygen atoms in total. The second kappa shape index (κ2) is 5.51. The fourth-order valence-electron chi connectivity index (χ4n) is 1.40. The molecule has 0 aliphatic heterocycles. The fraction of sp³-hybridized carbons (Fsp3) is 0.250. The molecule has 0 atom stereocenters. The van der Waals surface area contributed by atoms with Gasteiger partial charge in [0.2, 0.25) is 11.7 Å². The number of nitrogens with zero attached hydrogens (tertiary/aromatic N) is 3. The quantitative estimate of drug-likeness (QED) is 0.775. The molecule has 0 saturated carbocycles. The summed E-state index contributed by atoms with van der Waals surface area (Å²) >= 11 is 1.46. The number of hydrogen-bond donors (Lipinski definition) is 0. The molecule has 0 amide bonds. The van der Waals surface area contributed by atoms with Crippen molar-refractivity contribution >= 4 is 11.8 Å². The molecule has 5 heteroatoms. The van der Waals surface area contributed by atoms with E-state index in [0.29, 0.717) is 23.2 Å². The SMILES string of the molecule is Cc1cccc(-c2noc(CSCC#N)n2)c1. The summed E-state index contributed by atoms with van der Waals surface area (Å²) in [7, 11) is 0. The normalized spacial score (nSPS) is 10.1. The molecule has 0 spiro atoms. The van der Waals surface area contributed by atoms with Crippen LogP contribution in [-0.4, -0.2) is 15.9 Å². The Morgan fingerprint density at radius 3 is 3.12 bits per heavy atom. The Bertz CT molecular complexity index is 545. The van der Waals surface area contributed by atoms with Gasteiger partial charge in [-0.15, -0.1) is 11.8 Å². The number of nitriles is 1. The highest BCUT2D eigenvalue weighted by Gasteiger charge is 2.08. The van der Waals surface area contributed by atoms with E-state index in [1.807, 2.05) is 31.2 Å². The summed E-state index contributed by atoms with van der Waals surface area (Å²) in [5, 5.41) is 12.3. The Balaban J connectivity index is 2.10. The molecule has 2 rings (SSSR count). The lowest BCUT2D eigenvalue weighted by atomic mass is 10.1. The molecule has 0 aliphatic rings. The number of aryl methyl sites for hydroxylation is 1. The summed E-state index contributed by atoms with van der Waals surface area (Å²) < 4.78 is 5.11. The maximum absolute atomic E-state index is 8.42. The molecular formula is C12H11N3OS. The van der Waals surface area contributed by atoms with Crippen LogP contribution in [0.3, 0.4) is 0 Å². The van der Waals surface area contributed by atoms with Gasteiger partial charge >= 0.3 is 0 Å². The van der Waals surface area contributed by atoms with E-state index < -0.39 is 0 Å². The predicted octanol–water partition coefficient (Wildman–Crippen LogP) is 2.80. The first-order valence-electron chi connectivity index (χ1n) is 5.14. The van der Waals surface area contributed by atoms with Gasteiger partial charge in [-0.3, -0.25) is 0 Å². The lowest BCUT2D eigenvalue weighted by Gasteiger charge is -1.95. The highest BCUT2D eigenvalue weighted by atomic mass is 32.2. The van der Waals surface area contributed by atoms with Gasteiger partial charge in [0.05, 0.1) is 17.6 Å². The topological polar surface area (TPSA) is 62.7 Å². The van der Waals surface area contributed by atoms with Crippen LogP contribution in [0.5, 0.6) is 0 Å². The molecule has 0 radical (unpaired) electrons. The molecular weight excluding hydrogens is 234 g/mol. The third-order valence-corrected chi connectivity index (χ3v) is 2.92. The largest absolute Gasteiger partial charge is 0.338 e. The molecule has 1 aromatic heterocycles. The average Bonchev–Trinajstić information content (AvgIpc) is 2.78. The van der Waals surface area contributed by atoms with Crippen molar-refractivity contribution in [2.75, 3.05) is 5.75 Å². The number of benzene rings is 1. The van der Waals surface area contributed by atoms with Gasteiger partial charge in [-0.25, -0.2) is 0 Å². The van der Waals surface area contributed by atoms with Gasteiger partial charge in [0.15, 0.2) is 0 Å². The molecule has 0 saturated heterocycles. The first kappa shape index (κ1) is 11.7. The van der Waals surface area contributed by atoms with Gasteiger partial charge in [-0.1, -0.05) is 28.9 Å². The standard InChI is InChI=1S/C12H11N3OS/c1-9-3-2-4-10(7-9)12-14-11(16-15-12)8-17-6-5-13/h2-4,7H,6,8H2,1H3. The Kier molecular flexibility index (Phi) is 3.78. The van der Waals surface area contributed by atoms with Crippen LogP contribution in [-0.2, 0) is 5.75 Å². The van der Waals surface area contributed by atoms with Crippen LogP contribution >= 0.6 is 11.8 Å². The minimum atomic E-state index is 0.433. The zero-order valence-corrected chi connectivity index (χ0v) is 10.2. The zero-order valence-electron chi connectivity index (χ0n) is 9.38. The second-order valence-electron chi connectivity index (χ2n) is 3.53. The first-order valence-corrected chi connectivity index (χ1v) is 6.29. The minimum Gasteiger partial charge on any atom is -0.338 e. The van der Waals surface area contributed by atoms with E-state index in [-0.39, 0.29) is 0 Å². The summed E-state index contributed by atoms with van der Waals surface area (Å²) in [6.07, 6.45) is 0. The summed E-state index contributed by atoms with van der Waals surface area (Å²) in [6.45, 7) is 2.02. The molecule has 0 unspecified atom stereocenters. The van der Waals surface area contributed by atoms with E-state index >= 15 is 0 Å². The van der Waals surface area contributed by atoms with Gasteiger partial charge in [0, 0.05) is 5.56 Å². The van der Waals surface area contributed by atoms with Crippen molar-refractivity contribution in [2.24, 2.45) is 0 Å². The van der Waals surface area contributed by atoms with Crippen molar-refractivity contribution in [1.29, 1.82) is 5.26 Å². The van der Waals surface area contributed by atoms with Crippen molar-refractivity contribution < 1.29 is 4.52 Å². The summed E-state index contributed by atoms with van der Waals surface area (Å²) in [5.41, 5.74) is 2.11. The Labute approximate surface area is 104 Å². The molecule has 0 aliphatic carbocycles. The molecule has 86 valence electrons. The van der Waals surface area contributed by atoms with Crippen LogP contribution in [0.4, 0.5) is 0 Å². The van der Waals surface area contributed by atoms with Crippen LogP contribution in [0, 0.1) is 18.3 Å². The van der Waals surface area contributed by atoms with Gasteiger partial charge in [-0.2, -0.15) is 10.2 Å². The van der Waals surface area contributed by atoms with E-state index in [0.717, 1.165) is 11.1 Å². The molecule has 2 aromatic rings. The molecule has 0 N–H and O–H groups in total. The molecule has 1 heterocycles. The fourth-order valence-corrected chi connectivity index (χ4v) is 1.88. The number of thioether (sulfide) groups is 1. The van der Waals surface area contributed by atoms with Crippen molar-refractivity contribution in [2.45, 2.75) is 12.7 Å². The molecule has 0 fully saturated rings. The zero-order chi connectivity index (χ0) is 12.1. The predicted molar refractivity (Wildman–Crippen MR) is 66.2 cm³/mol. The summed E-state index contributed by atoms with van der Waals surface area (Å²) in [5.74, 6) is 2.16. The van der Waals surface area contributed by atoms with E-state index in [4.69, 9.17) is 9.78 Å². The van der Waals surface area contributed by atoms with Gasteiger partial charge in [-0.05, 0) is 13.0 Å². The van der Waals surface area contributed by atoms with Crippen molar-refractivity contribution in [3.8, 4) is 17.5 Å². The van der Waals surface area contributed by atoms with Crippen molar-refractivity contribution in [1.82, 2.24) is 10.1 Å². The minimum absolute atomic E-state index is 0.433. The van der Waals surface area contributed by atoms with Crippen molar-refractivity contribution in [3.05, 3.63) is 35.7 Å². The maximum atomic E-state index is 8.42. The van der Waals surface area contributed by atoms with E-state index in [1.54, 1.807) is 0 Å². The van der Waals surface area contributed by atoms with Crippen LogP contribution in [0.15, 0.2) is 28.8 Å². The van der Waals surface area contributed by atoms with Crippen LogP contribution in [0.2, 0.25) is 0 Å². The van der Waals surface area contributed by atoms with Crippen LogP contribution < -0.4 is 0 Å². The highest BCUT2D eigenvalue weighted by molar-refractivity contribution is 7.98. The van der Waals surface area contributed by atoms with Gasteiger partial charge < -0.3 is 4.52 Å². The third-order valence-electron chi connectivity index (χ3n) is 2.14. The van der Waals surface area contributed by atoms with E-state index in [1.165, 1.54) is 11.8 Å². The van der Waals surface area contributed by atoms with Gasteiger partial charge in [0.25, 0.3) is 0 Å². The second-order valence-corrected chi connectivity index (χ2v) is 4.52. The third kappa shape index (κ3) is 3.08. The van der Waals surface area contributed by atoms with E-state index in [2.05, 4.69) is 16.2 Å². The number of rotatable bonds is 4. The van der Waals surface area contributed by atoms with E-state index in [9.17, 15) is 0 Å². The average molecular weight is 245 g/mol. The Hall–Kier alpha value is -1.80. The monoisotopic (exact) mass is 245 g/mol. The van der Waals surface area contributed by atoms with Crippen LogP contribution in [0.1, 0.15) is 11.5 Å². The Morgan fingerprint density at radius 1 is 1.47 bits per heavy atom. The lowest BCUT2D eigenvalue weighted by Crippen LogP contribution is -1.84. The first-order chi connectivity index (χ1) is 8.29. The molecule has 17 heavy (non-hydrogen) atoms. The number of aromatic nitrogens is 2. The van der Waals surface area contributed by atoms with Crippen molar-refractivity contribution in [3.63, 3.8) is 0 Å². The maximum Gasteiger partial charge on any atom is 0.236 e. The highest BCUT2D eigenvalue weighted by Crippen LogP contribution is 2.18. The summed E-state index contributed by atoms with van der Waals surface area (Å²) in [4.78, 5) is 4.29. The Morgan fingerprint density at radius 2 is 2.35 bits per heavy atom. The number of hydrogen-bond acceptors (Lipinski definition) is 5. The lowest BCUT2D eigenvalue weighted by molar-refractivity contribution is 0.392. The van der Waals surface area contributed by atoms with Crippen LogP contribution in [0.25, 0.3) is 11.4 Å². The summed E-state index contributed by atoms with van der Waals surface area (Å²) in [6, 6.07) is 10.0.